The zero-order valence-electron chi connectivity index (χ0n) is 6.93. The Morgan fingerprint density at radius 1 is 1.60 bits per heavy atom. The fourth-order valence-electron chi connectivity index (χ4n) is 1.57. The van der Waals surface area contributed by atoms with Crippen molar-refractivity contribution in [3.8, 4) is 0 Å². The summed E-state index contributed by atoms with van der Waals surface area (Å²) in [7, 11) is 0. The van der Waals surface area contributed by atoms with Crippen LogP contribution in [0, 0.1) is 11.3 Å². The van der Waals surface area contributed by atoms with E-state index in [1.54, 1.807) is 0 Å². The predicted octanol–water partition coefficient (Wildman–Crippen LogP) is 3.16. The van der Waals surface area contributed by atoms with E-state index in [4.69, 9.17) is 0 Å². The standard InChI is InChI=1S/C10H16/c1-4-6-9-7-8-10(9,3)5-2/h4-6,9H,2,7-8H2,1,3H3. The van der Waals surface area contributed by atoms with E-state index >= 15 is 0 Å². The highest BCUT2D eigenvalue weighted by Gasteiger charge is 2.37. The molecule has 0 nitrogen and oxygen atoms in total. The highest BCUT2D eigenvalue weighted by atomic mass is 14.4. The van der Waals surface area contributed by atoms with Crippen molar-refractivity contribution >= 4 is 0 Å². The molecule has 0 radical (unpaired) electrons. The first-order chi connectivity index (χ1) is 4.73. The van der Waals surface area contributed by atoms with Crippen molar-refractivity contribution in [2.24, 2.45) is 11.3 Å². The van der Waals surface area contributed by atoms with Crippen molar-refractivity contribution in [2.45, 2.75) is 26.7 Å². The zero-order chi connectivity index (χ0) is 7.61. The van der Waals surface area contributed by atoms with Crippen LogP contribution in [0.5, 0.6) is 0 Å². The zero-order valence-corrected chi connectivity index (χ0v) is 6.93. The molecule has 0 bridgehead atoms. The lowest BCUT2D eigenvalue weighted by Gasteiger charge is -2.43. The Bertz CT molecular complexity index is 155. The Morgan fingerprint density at radius 2 is 2.30 bits per heavy atom. The summed E-state index contributed by atoms with van der Waals surface area (Å²) in [6.45, 7) is 8.22. The van der Waals surface area contributed by atoms with Gasteiger partial charge in [0.15, 0.2) is 0 Å². The summed E-state index contributed by atoms with van der Waals surface area (Å²) < 4.78 is 0. The second kappa shape index (κ2) is 2.61. The Hall–Kier alpha value is -0.520. The average molecular weight is 136 g/mol. The van der Waals surface area contributed by atoms with Crippen molar-refractivity contribution < 1.29 is 0 Å². The van der Waals surface area contributed by atoms with E-state index in [9.17, 15) is 0 Å². The molecule has 1 aliphatic carbocycles. The third-order valence-electron chi connectivity index (χ3n) is 2.73. The van der Waals surface area contributed by atoms with E-state index in [2.05, 4.69) is 38.7 Å². The summed E-state index contributed by atoms with van der Waals surface area (Å²) in [6.07, 6.45) is 9.19. The summed E-state index contributed by atoms with van der Waals surface area (Å²) in [5.41, 5.74) is 0.409. The molecule has 0 aliphatic heterocycles. The van der Waals surface area contributed by atoms with Crippen LogP contribution in [0.1, 0.15) is 26.7 Å². The van der Waals surface area contributed by atoms with Crippen molar-refractivity contribution in [1.29, 1.82) is 0 Å². The molecule has 0 spiro atoms. The van der Waals surface area contributed by atoms with Gasteiger partial charge in [-0.05, 0) is 31.1 Å². The Balaban J connectivity index is 2.57. The van der Waals surface area contributed by atoms with Crippen LogP contribution in [0.25, 0.3) is 0 Å². The lowest BCUT2D eigenvalue weighted by Crippen LogP contribution is -2.33. The van der Waals surface area contributed by atoms with Crippen molar-refractivity contribution in [2.75, 3.05) is 0 Å². The molecular formula is C10H16. The molecule has 1 rings (SSSR count). The van der Waals surface area contributed by atoms with Crippen LogP contribution in [0.3, 0.4) is 0 Å². The summed E-state index contributed by atoms with van der Waals surface area (Å²) in [5.74, 6) is 0.759. The lowest BCUT2D eigenvalue weighted by molar-refractivity contribution is 0.152. The molecule has 56 valence electrons. The molecule has 1 fully saturated rings. The molecule has 0 aromatic heterocycles. The normalized spacial score (nSPS) is 39.6. The molecule has 0 aromatic rings. The molecule has 0 saturated heterocycles. The van der Waals surface area contributed by atoms with Gasteiger partial charge in [0.2, 0.25) is 0 Å². The van der Waals surface area contributed by atoms with Gasteiger partial charge in [0.1, 0.15) is 0 Å². The predicted molar refractivity (Wildman–Crippen MR) is 45.8 cm³/mol. The number of allylic oxidation sites excluding steroid dienone is 3. The second-order valence-corrected chi connectivity index (χ2v) is 3.38. The first-order valence-electron chi connectivity index (χ1n) is 3.99. The maximum atomic E-state index is 3.85. The minimum atomic E-state index is 0.409. The van der Waals surface area contributed by atoms with Gasteiger partial charge in [-0.2, -0.15) is 0 Å². The minimum absolute atomic E-state index is 0.409. The maximum Gasteiger partial charge on any atom is -0.00862 e. The fraction of sp³-hybridized carbons (Fsp3) is 0.600. The van der Waals surface area contributed by atoms with Gasteiger partial charge in [-0.15, -0.1) is 6.58 Å². The van der Waals surface area contributed by atoms with Crippen molar-refractivity contribution in [3.63, 3.8) is 0 Å². The summed E-state index contributed by atoms with van der Waals surface area (Å²) in [4.78, 5) is 0. The van der Waals surface area contributed by atoms with Crippen LogP contribution >= 0.6 is 0 Å². The van der Waals surface area contributed by atoms with E-state index < -0.39 is 0 Å². The Labute approximate surface area is 63.6 Å². The quantitative estimate of drug-likeness (QED) is 0.511. The van der Waals surface area contributed by atoms with E-state index in [1.165, 1.54) is 12.8 Å². The van der Waals surface area contributed by atoms with E-state index in [0.717, 1.165) is 5.92 Å². The van der Waals surface area contributed by atoms with Crippen LogP contribution < -0.4 is 0 Å². The topological polar surface area (TPSA) is 0 Å². The fourth-order valence-corrected chi connectivity index (χ4v) is 1.57. The number of hydrogen-bond acceptors (Lipinski definition) is 0. The van der Waals surface area contributed by atoms with Crippen LogP contribution in [0.4, 0.5) is 0 Å². The van der Waals surface area contributed by atoms with Crippen molar-refractivity contribution in [3.05, 3.63) is 24.8 Å². The molecule has 2 unspecified atom stereocenters. The van der Waals surface area contributed by atoms with Gasteiger partial charge in [-0.1, -0.05) is 25.2 Å². The third-order valence-corrected chi connectivity index (χ3v) is 2.73. The highest BCUT2D eigenvalue weighted by Crippen LogP contribution is 2.47. The van der Waals surface area contributed by atoms with Gasteiger partial charge < -0.3 is 0 Å². The summed E-state index contributed by atoms with van der Waals surface area (Å²) in [6, 6.07) is 0. The molecule has 0 aromatic carbocycles. The minimum Gasteiger partial charge on any atom is -0.103 e. The van der Waals surface area contributed by atoms with Gasteiger partial charge in [0.25, 0.3) is 0 Å². The maximum absolute atomic E-state index is 3.85. The third kappa shape index (κ3) is 1.03. The monoisotopic (exact) mass is 136 g/mol. The molecule has 0 heterocycles. The SMILES string of the molecule is C=CC1(C)CCC1C=CC. The second-order valence-electron chi connectivity index (χ2n) is 3.38. The van der Waals surface area contributed by atoms with Gasteiger partial charge >= 0.3 is 0 Å². The molecule has 0 N–H and O–H groups in total. The first kappa shape index (κ1) is 7.59. The van der Waals surface area contributed by atoms with Crippen LogP contribution in [0.2, 0.25) is 0 Å². The number of hydrogen-bond donors (Lipinski definition) is 0. The van der Waals surface area contributed by atoms with E-state index in [0.29, 0.717) is 5.41 Å². The first-order valence-corrected chi connectivity index (χ1v) is 3.99. The molecular weight excluding hydrogens is 120 g/mol. The molecule has 1 saturated carbocycles. The smallest absolute Gasteiger partial charge is 0.00862 e. The molecule has 2 atom stereocenters. The Morgan fingerprint density at radius 3 is 2.60 bits per heavy atom. The molecule has 0 heteroatoms. The average Bonchev–Trinajstić information content (AvgIpc) is 1.96. The van der Waals surface area contributed by atoms with Crippen LogP contribution in [-0.2, 0) is 0 Å². The van der Waals surface area contributed by atoms with E-state index in [1.807, 2.05) is 0 Å². The van der Waals surface area contributed by atoms with Gasteiger partial charge in [-0.25, -0.2) is 0 Å². The Kier molecular flexibility index (Phi) is 1.98. The van der Waals surface area contributed by atoms with Gasteiger partial charge in [0.05, 0.1) is 0 Å². The highest BCUT2D eigenvalue weighted by molar-refractivity contribution is 5.10. The molecule has 0 amide bonds. The van der Waals surface area contributed by atoms with Crippen molar-refractivity contribution in [1.82, 2.24) is 0 Å². The van der Waals surface area contributed by atoms with Gasteiger partial charge in [-0.3, -0.25) is 0 Å². The summed E-state index contributed by atoms with van der Waals surface area (Å²) >= 11 is 0. The van der Waals surface area contributed by atoms with Crippen LogP contribution in [0.15, 0.2) is 24.8 Å². The van der Waals surface area contributed by atoms with Crippen LogP contribution in [-0.4, -0.2) is 0 Å². The lowest BCUT2D eigenvalue weighted by atomic mass is 9.61. The molecule has 1 aliphatic rings. The van der Waals surface area contributed by atoms with E-state index in [-0.39, 0.29) is 0 Å². The summed E-state index contributed by atoms with van der Waals surface area (Å²) in [5, 5.41) is 0. The molecule has 10 heavy (non-hydrogen) atoms. The van der Waals surface area contributed by atoms with Gasteiger partial charge in [0, 0.05) is 0 Å². The number of rotatable bonds is 2. The largest absolute Gasteiger partial charge is 0.103 e.